The van der Waals surface area contributed by atoms with Crippen LogP contribution in [0.15, 0.2) is 39.8 Å². The molecule has 0 N–H and O–H groups in total. The first-order valence-electron chi connectivity index (χ1n) is 5.56. The van der Waals surface area contributed by atoms with Crippen molar-refractivity contribution in [2.45, 2.75) is 24.6 Å². The van der Waals surface area contributed by atoms with Crippen LogP contribution in [0.2, 0.25) is 0 Å². The number of aromatic nitrogens is 1. The number of thioether (sulfide) groups is 1. The number of halogens is 2. The molecule has 0 unspecified atom stereocenters. The van der Waals surface area contributed by atoms with Crippen LogP contribution < -0.4 is 0 Å². The molecule has 1 nitrogen and oxygen atoms in total. The molecule has 0 aliphatic carbocycles. The summed E-state index contributed by atoms with van der Waals surface area (Å²) < 4.78 is 13.8. The molecule has 0 spiro atoms. The zero-order valence-electron chi connectivity index (χ0n) is 10.2. The second-order valence-corrected chi connectivity index (χ2v) is 6.00. The van der Waals surface area contributed by atoms with Crippen LogP contribution >= 0.6 is 27.7 Å². The summed E-state index contributed by atoms with van der Waals surface area (Å²) in [5, 5.41) is 1.00. The summed E-state index contributed by atoms with van der Waals surface area (Å²) in [6.07, 6.45) is 0. The number of hydrogen-bond acceptors (Lipinski definition) is 2. The molecule has 0 fully saturated rings. The van der Waals surface area contributed by atoms with E-state index in [2.05, 4.69) is 40.0 Å². The largest absolute Gasteiger partial charge is 0.247 e. The van der Waals surface area contributed by atoms with Gasteiger partial charge < -0.3 is 0 Å². The fourth-order valence-corrected chi connectivity index (χ4v) is 3.38. The van der Waals surface area contributed by atoms with Crippen LogP contribution in [-0.2, 0) is 5.75 Å². The monoisotopic (exact) mass is 325 g/mol. The van der Waals surface area contributed by atoms with Gasteiger partial charge in [0.05, 0.1) is 5.03 Å². The fraction of sp³-hybridized carbons (Fsp3) is 0.214. The number of benzene rings is 1. The van der Waals surface area contributed by atoms with E-state index in [1.807, 2.05) is 6.92 Å². The molecule has 0 amide bonds. The van der Waals surface area contributed by atoms with Crippen molar-refractivity contribution in [2.24, 2.45) is 0 Å². The Morgan fingerprint density at radius 3 is 2.67 bits per heavy atom. The van der Waals surface area contributed by atoms with Crippen LogP contribution in [0.3, 0.4) is 0 Å². The highest BCUT2D eigenvalue weighted by atomic mass is 79.9. The Balaban J connectivity index is 2.11. The predicted octanol–water partition coefficient (Wildman–Crippen LogP) is 4.89. The Morgan fingerprint density at radius 2 is 2.00 bits per heavy atom. The Morgan fingerprint density at radius 1 is 1.22 bits per heavy atom. The van der Waals surface area contributed by atoms with Crippen molar-refractivity contribution in [3.63, 3.8) is 0 Å². The summed E-state index contributed by atoms with van der Waals surface area (Å²) >= 11 is 5.03. The molecule has 1 aromatic carbocycles. The molecule has 0 saturated carbocycles. The van der Waals surface area contributed by atoms with Gasteiger partial charge in [0.2, 0.25) is 0 Å². The van der Waals surface area contributed by atoms with Gasteiger partial charge in [0.25, 0.3) is 0 Å². The Labute approximate surface area is 119 Å². The number of rotatable bonds is 3. The lowest BCUT2D eigenvalue weighted by atomic mass is 10.2. The standard InChI is InChI=1S/C14H13BrFNS/c1-9-5-10(2)17-14(6-9)18-8-11-3-4-12(16)7-13(11)15/h3-7H,8H2,1-2H3. The maximum absolute atomic E-state index is 13.0. The Hall–Kier alpha value is -0.870. The summed E-state index contributed by atoms with van der Waals surface area (Å²) in [6, 6.07) is 8.89. The van der Waals surface area contributed by atoms with Crippen LogP contribution in [0.1, 0.15) is 16.8 Å². The third-order valence-corrected chi connectivity index (χ3v) is 4.16. The molecule has 1 aromatic heterocycles. The molecule has 0 atom stereocenters. The highest BCUT2D eigenvalue weighted by Crippen LogP contribution is 2.27. The van der Waals surface area contributed by atoms with E-state index in [-0.39, 0.29) is 5.82 Å². The molecule has 0 radical (unpaired) electrons. The van der Waals surface area contributed by atoms with E-state index in [0.717, 1.165) is 26.5 Å². The third kappa shape index (κ3) is 3.56. The van der Waals surface area contributed by atoms with Gasteiger partial charge in [0, 0.05) is 15.9 Å². The van der Waals surface area contributed by atoms with Crippen LogP contribution in [0.25, 0.3) is 0 Å². The average Bonchev–Trinajstić information content (AvgIpc) is 2.26. The molecule has 1 heterocycles. The minimum Gasteiger partial charge on any atom is -0.247 e. The van der Waals surface area contributed by atoms with Crippen LogP contribution in [-0.4, -0.2) is 4.98 Å². The minimum atomic E-state index is -0.222. The van der Waals surface area contributed by atoms with E-state index in [1.165, 1.54) is 17.7 Å². The first-order chi connectivity index (χ1) is 8.54. The van der Waals surface area contributed by atoms with Crippen LogP contribution in [0.5, 0.6) is 0 Å². The normalized spacial score (nSPS) is 10.7. The lowest BCUT2D eigenvalue weighted by Crippen LogP contribution is -1.89. The lowest BCUT2D eigenvalue weighted by molar-refractivity contribution is 0.626. The summed E-state index contributed by atoms with van der Waals surface area (Å²) in [7, 11) is 0. The molecule has 94 valence electrons. The third-order valence-electron chi connectivity index (χ3n) is 2.46. The quantitative estimate of drug-likeness (QED) is 0.745. The van der Waals surface area contributed by atoms with E-state index in [9.17, 15) is 4.39 Å². The summed E-state index contributed by atoms with van der Waals surface area (Å²) in [6.45, 7) is 4.05. The lowest BCUT2D eigenvalue weighted by Gasteiger charge is -2.06. The Bertz CT molecular complexity index is 551. The molecular weight excluding hydrogens is 313 g/mol. The van der Waals surface area contributed by atoms with Crippen molar-refractivity contribution < 1.29 is 4.39 Å². The molecule has 4 heteroatoms. The van der Waals surface area contributed by atoms with Gasteiger partial charge in [-0.05, 0) is 49.2 Å². The zero-order valence-corrected chi connectivity index (χ0v) is 12.6. The number of aryl methyl sites for hydroxylation is 2. The second-order valence-electron chi connectivity index (χ2n) is 4.15. The Kier molecular flexibility index (Phi) is 4.40. The molecule has 0 bridgehead atoms. The van der Waals surface area contributed by atoms with Crippen LogP contribution in [0, 0.1) is 19.7 Å². The fourth-order valence-electron chi connectivity index (χ4n) is 1.67. The zero-order chi connectivity index (χ0) is 13.1. The van der Waals surface area contributed by atoms with Gasteiger partial charge in [0.1, 0.15) is 5.82 Å². The molecule has 0 saturated heterocycles. The van der Waals surface area contributed by atoms with Gasteiger partial charge in [-0.25, -0.2) is 9.37 Å². The highest BCUT2D eigenvalue weighted by molar-refractivity contribution is 9.10. The van der Waals surface area contributed by atoms with Crippen molar-refractivity contribution in [3.8, 4) is 0 Å². The van der Waals surface area contributed by atoms with Gasteiger partial charge in [-0.1, -0.05) is 22.0 Å². The second kappa shape index (κ2) is 5.85. The van der Waals surface area contributed by atoms with Crippen molar-refractivity contribution in [1.29, 1.82) is 0 Å². The highest BCUT2D eigenvalue weighted by Gasteiger charge is 2.04. The van der Waals surface area contributed by atoms with E-state index in [4.69, 9.17) is 0 Å². The van der Waals surface area contributed by atoms with E-state index >= 15 is 0 Å². The molecular formula is C14H13BrFNS. The van der Waals surface area contributed by atoms with Crippen LogP contribution in [0.4, 0.5) is 4.39 Å². The van der Waals surface area contributed by atoms with E-state index in [0.29, 0.717) is 0 Å². The van der Waals surface area contributed by atoms with Gasteiger partial charge in [-0.3, -0.25) is 0 Å². The van der Waals surface area contributed by atoms with E-state index in [1.54, 1.807) is 17.8 Å². The molecule has 0 aliphatic heterocycles. The number of pyridine rings is 1. The topological polar surface area (TPSA) is 12.9 Å². The molecule has 2 aromatic rings. The number of hydrogen-bond donors (Lipinski definition) is 0. The average molecular weight is 326 g/mol. The smallest absolute Gasteiger partial charge is 0.124 e. The molecule has 18 heavy (non-hydrogen) atoms. The predicted molar refractivity (Wildman–Crippen MR) is 77.4 cm³/mol. The van der Waals surface area contributed by atoms with E-state index < -0.39 is 0 Å². The summed E-state index contributed by atoms with van der Waals surface area (Å²) in [5.41, 5.74) is 3.31. The van der Waals surface area contributed by atoms with Crippen molar-refractivity contribution in [3.05, 3.63) is 57.4 Å². The van der Waals surface area contributed by atoms with Crippen molar-refractivity contribution in [2.75, 3.05) is 0 Å². The maximum Gasteiger partial charge on any atom is 0.124 e. The van der Waals surface area contributed by atoms with Gasteiger partial charge >= 0.3 is 0 Å². The molecule has 0 aliphatic rings. The number of nitrogens with zero attached hydrogens (tertiary/aromatic N) is 1. The first-order valence-corrected chi connectivity index (χ1v) is 7.34. The van der Waals surface area contributed by atoms with Gasteiger partial charge in [-0.2, -0.15) is 0 Å². The van der Waals surface area contributed by atoms with Crippen molar-refractivity contribution in [1.82, 2.24) is 4.98 Å². The summed E-state index contributed by atoms with van der Waals surface area (Å²) in [4.78, 5) is 4.47. The van der Waals surface area contributed by atoms with Gasteiger partial charge in [0.15, 0.2) is 0 Å². The van der Waals surface area contributed by atoms with Crippen molar-refractivity contribution >= 4 is 27.7 Å². The summed E-state index contributed by atoms with van der Waals surface area (Å²) in [5.74, 6) is 0.552. The molecule has 2 rings (SSSR count). The minimum absolute atomic E-state index is 0.222. The first kappa shape index (κ1) is 13.6. The maximum atomic E-state index is 13.0. The SMILES string of the molecule is Cc1cc(C)nc(SCc2ccc(F)cc2Br)c1. The van der Waals surface area contributed by atoms with Gasteiger partial charge in [-0.15, -0.1) is 11.8 Å².